The molecule has 204 valence electrons. The average Bonchev–Trinajstić information content (AvgIpc) is 2.93. The van der Waals surface area contributed by atoms with Crippen molar-refractivity contribution in [1.82, 2.24) is 10.6 Å². The Balaban J connectivity index is 1.81. The Morgan fingerprint density at radius 2 is 1.03 bits per heavy atom. The van der Waals surface area contributed by atoms with Gasteiger partial charge in [0.25, 0.3) is 11.8 Å². The van der Waals surface area contributed by atoms with Crippen LogP contribution in [0.2, 0.25) is 0 Å². The lowest BCUT2D eigenvalue weighted by atomic mass is 9.98. The molecule has 37 heavy (non-hydrogen) atoms. The third-order valence-electron chi connectivity index (χ3n) is 6.94. The fraction of sp³-hybridized carbons (Fsp3) is 0.548. The van der Waals surface area contributed by atoms with Crippen LogP contribution in [0.15, 0.2) is 48.5 Å². The number of amides is 2. The molecule has 0 radical (unpaired) electrons. The first-order valence-electron chi connectivity index (χ1n) is 13.9. The van der Waals surface area contributed by atoms with Crippen molar-refractivity contribution in [3.05, 3.63) is 59.7 Å². The largest absolute Gasteiger partial charge is 0.480 e. The van der Waals surface area contributed by atoms with E-state index in [2.05, 4.69) is 50.5 Å². The predicted octanol–water partition coefficient (Wildman–Crippen LogP) is 6.35. The summed E-state index contributed by atoms with van der Waals surface area (Å²) in [7, 11) is 0. The second-order valence-electron chi connectivity index (χ2n) is 9.66. The van der Waals surface area contributed by atoms with Crippen molar-refractivity contribution in [2.45, 2.75) is 97.7 Å². The van der Waals surface area contributed by atoms with Crippen molar-refractivity contribution in [2.24, 2.45) is 0 Å². The minimum absolute atomic E-state index is 0.135. The molecule has 2 aromatic carbocycles. The van der Waals surface area contributed by atoms with E-state index in [9.17, 15) is 9.59 Å². The van der Waals surface area contributed by atoms with E-state index in [-0.39, 0.29) is 11.8 Å². The van der Waals surface area contributed by atoms with Gasteiger partial charge >= 0.3 is 0 Å². The van der Waals surface area contributed by atoms with Gasteiger partial charge in [0.05, 0.1) is 0 Å². The quantitative estimate of drug-likeness (QED) is 0.258. The minimum atomic E-state index is -0.553. The lowest BCUT2D eigenvalue weighted by Gasteiger charge is -2.22. The number of benzene rings is 2. The fourth-order valence-corrected chi connectivity index (χ4v) is 4.12. The second kappa shape index (κ2) is 16.0. The van der Waals surface area contributed by atoms with Crippen LogP contribution in [-0.2, 0) is 9.59 Å². The van der Waals surface area contributed by atoms with E-state index in [1.165, 1.54) is 0 Å². The Kier molecular flexibility index (Phi) is 13.0. The van der Waals surface area contributed by atoms with Crippen molar-refractivity contribution in [3.8, 4) is 11.5 Å². The van der Waals surface area contributed by atoms with Gasteiger partial charge in [-0.3, -0.25) is 9.59 Å². The van der Waals surface area contributed by atoms with Gasteiger partial charge in [-0.15, -0.1) is 0 Å². The molecule has 2 aromatic rings. The molecular formula is C31H46N2O4. The summed E-state index contributed by atoms with van der Waals surface area (Å²) in [6, 6.07) is 15.9. The number of hydrogen-bond donors (Lipinski definition) is 2. The Labute approximate surface area is 223 Å². The zero-order valence-electron chi connectivity index (χ0n) is 23.5. The predicted molar refractivity (Wildman–Crippen MR) is 150 cm³/mol. The van der Waals surface area contributed by atoms with Crippen molar-refractivity contribution >= 4 is 11.8 Å². The van der Waals surface area contributed by atoms with Crippen LogP contribution in [0.1, 0.15) is 96.6 Å². The van der Waals surface area contributed by atoms with Crippen LogP contribution in [0.5, 0.6) is 11.5 Å². The summed E-state index contributed by atoms with van der Waals surface area (Å²) < 4.78 is 12.2. The summed E-state index contributed by atoms with van der Waals surface area (Å²) in [5.74, 6) is 1.99. The number of hydrogen-bond acceptors (Lipinski definition) is 4. The topological polar surface area (TPSA) is 76.7 Å². The molecule has 0 spiro atoms. The highest BCUT2D eigenvalue weighted by Gasteiger charge is 2.22. The van der Waals surface area contributed by atoms with Crippen LogP contribution in [0, 0.1) is 0 Å². The van der Waals surface area contributed by atoms with Crippen molar-refractivity contribution in [2.75, 3.05) is 13.1 Å². The van der Waals surface area contributed by atoms with Crippen molar-refractivity contribution in [1.29, 1.82) is 0 Å². The summed E-state index contributed by atoms with van der Waals surface area (Å²) in [6.45, 7) is 13.4. The zero-order valence-corrected chi connectivity index (χ0v) is 23.5. The highest BCUT2D eigenvalue weighted by Crippen LogP contribution is 2.30. The first-order chi connectivity index (χ1) is 17.9. The molecule has 6 heteroatoms. The van der Waals surface area contributed by atoms with Gasteiger partial charge in [0.15, 0.2) is 12.2 Å². The van der Waals surface area contributed by atoms with Gasteiger partial charge in [-0.1, -0.05) is 77.9 Å². The fourth-order valence-electron chi connectivity index (χ4n) is 4.12. The first-order valence-corrected chi connectivity index (χ1v) is 13.9. The number of rotatable bonds is 16. The van der Waals surface area contributed by atoms with Gasteiger partial charge in [-0.2, -0.15) is 0 Å². The smallest absolute Gasteiger partial charge is 0.261 e. The second-order valence-corrected chi connectivity index (χ2v) is 9.66. The maximum absolute atomic E-state index is 12.8. The van der Waals surface area contributed by atoms with Gasteiger partial charge in [0.1, 0.15) is 11.5 Å². The van der Waals surface area contributed by atoms with Gasteiger partial charge in [-0.25, -0.2) is 0 Å². The number of para-hydroxylation sites is 2. The molecule has 0 bridgehead atoms. The van der Waals surface area contributed by atoms with Crippen LogP contribution in [0.25, 0.3) is 0 Å². The van der Waals surface area contributed by atoms with E-state index in [0.717, 1.165) is 35.5 Å². The first kappa shape index (κ1) is 30.2. The molecule has 0 heterocycles. The van der Waals surface area contributed by atoms with Crippen LogP contribution in [-0.4, -0.2) is 37.1 Å². The third-order valence-corrected chi connectivity index (χ3v) is 6.94. The summed E-state index contributed by atoms with van der Waals surface area (Å²) >= 11 is 0. The van der Waals surface area contributed by atoms with Gasteiger partial charge < -0.3 is 20.1 Å². The standard InChI is InChI=1S/C31H46N2O4/c1-7-22(5)24-16-11-13-18-28(24)36-26(9-3)30(34)32-20-15-21-33-31(35)27(10-4)37-29-19-14-12-17-25(29)23(6)8-2/h11-14,16-19,22-23,26-27H,7-10,15,20-21H2,1-6H3,(H,32,34)(H,33,35). The van der Waals surface area contributed by atoms with E-state index in [4.69, 9.17) is 9.47 Å². The molecule has 4 unspecified atom stereocenters. The molecule has 0 aliphatic carbocycles. The maximum atomic E-state index is 12.8. The molecular weight excluding hydrogens is 464 g/mol. The molecule has 0 fully saturated rings. The van der Waals surface area contributed by atoms with Gasteiger partial charge in [0.2, 0.25) is 0 Å². The highest BCUT2D eigenvalue weighted by atomic mass is 16.5. The van der Waals surface area contributed by atoms with Crippen LogP contribution in [0.4, 0.5) is 0 Å². The van der Waals surface area contributed by atoms with Crippen molar-refractivity contribution < 1.29 is 19.1 Å². The van der Waals surface area contributed by atoms with Crippen LogP contribution < -0.4 is 20.1 Å². The average molecular weight is 511 g/mol. The monoisotopic (exact) mass is 510 g/mol. The van der Waals surface area contributed by atoms with Gasteiger partial charge in [-0.05, 0) is 67.2 Å². The lowest BCUT2D eigenvalue weighted by molar-refractivity contribution is -0.128. The summed E-state index contributed by atoms with van der Waals surface area (Å²) in [5.41, 5.74) is 2.25. The number of carbonyl (C=O) groups is 2. The molecule has 0 saturated carbocycles. The van der Waals surface area contributed by atoms with Crippen LogP contribution in [0.3, 0.4) is 0 Å². The molecule has 4 atom stereocenters. The van der Waals surface area contributed by atoms with Crippen LogP contribution >= 0.6 is 0 Å². The lowest BCUT2D eigenvalue weighted by Crippen LogP contribution is -2.41. The third kappa shape index (κ3) is 9.10. The number of ether oxygens (including phenoxy) is 2. The van der Waals surface area contributed by atoms with E-state index < -0.39 is 12.2 Å². The van der Waals surface area contributed by atoms with E-state index >= 15 is 0 Å². The molecule has 0 aliphatic rings. The molecule has 2 N–H and O–H groups in total. The Morgan fingerprint density at radius 1 is 0.649 bits per heavy atom. The van der Waals surface area contributed by atoms with E-state index in [1.807, 2.05) is 50.2 Å². The van der Waals surface area contributed by atoms with Crippen molar-refractivity contribution in [3.63, 3.8) is 0 Å². The normalized spacial score (nSPS) is 14.2. The van der Waals surface area contributed by atoms with E-state index in [0.29, 0.717) is 44.2 Å². The minimum Gasteiger partial charge on any atom is -0.480 e. The molecule has 0 aromatic heterocycles. The molecule has 2 amide bonds. The van der Waals surface area contributed by atoms with Gasteiger partial charge in [0, 0.05) is 13.1 Å². The maximum Gasteiger partial charge on any atom is 0.261 e. The summed E-state index contributed by atoms with van der Waals surface area (Å²) in [5, 5.41) is 5.91. The molecule has 6 nitrogen and oxygen atoms in total. The molecule has 0 aliphatic heterocycles. The van der Waals surface area contributed by atoms with E-state index in [1.54, 1.807) is 0 Å². The Bertz CT molecular complexity index is 900. The zero-order chi connectivity index (χ0) is 27.2. The molecule has 0 saturated heterocycles. The summed E-state index contributed by atoms with van der Waals surface area (Å²) in [6.07, 6.45) is 2.67. The summed E-state index contributed by atoms with van der Waals surface area (Å²) in [4.78, 5) is 25.5. The molecule has 2 rings (SSSR count). The highest BCUT2D eigenvalue weighted by molar-refractivity contribution is 5.81. The SMILES string of the molecule is CCC(Oc1ccccc1C(C)CC)C(=O)NCCCNC(=O)C(CC)Oc1ccccc1C(C)CC. The number of nitrogens with one attached hydrogen (secondary N) is 2. The number of carbonyl (C=O) groups excluding carboxylic acids is 2. The Morgan fingerprint density at radius 3 is 1.38 bits per heavy atom. The Hall–Kier alpha value is -3.02.